The van der Waals surface area contributed by atoms with Crippen LogP contribution in [0, 0.1) is 17.7 Å². The molecule has 7 heteroatoms. The first-order valence-corrected chi connectivity index (χ1v) is 7.78. The summed E-state index contributed by atoms with van der Waals surface area (Å²) >= 11 is 0. The number of nitrogens with two attached hydrogens (primary N) is 1. The lowest BCUT2D eigenvalue weighted by molar-refractivity contribution is -0.167. The maximum absolute atomic E-state index is 13.8. The Bertz CT molecular complexity index is 671. The van der Waals surface area contributed by atoms with Crippen LogP contribution in [-0.2, 0) is 9.47 Å². The minimum atomic E-state index is -1.01. The van der Waals surface area contributed by atoms with Gasteiger partial charge in [-0.2, -0.15) is 0 Å². The van der Waals surface area contributed by atoms with Gasteiger partial charge in [-0.25, -0.2) is 9.18 Å². The highest BCUT2D eigenvalue weighted by Crippen LogP contribution is 2.31. The van der Waals surface area contributed by atoms with Gasteiger partial charge in [-0.15, -0.1) is 0 Å². The Labute approximate surface area is 139 Å². The van der Waals surface area contributed by atoms with E-state index in [1.807, 2.05) is 0 Å². The molecule has 1 aromatic rings. The summed E-state index contributed by atoms with van der Waals surface area (Å²) in [5, 5.41) is 9.35. The molecule has 1 unspecified atom stereocenters. The molecule has 2 fully saturated rings. The number of rotatable bonds is 0. The number of benzene rings is 1. The summed E-state index contributed by atoms with van der Waals surface area (Å²) in [5.74, 6) is 5.04. The molecule has 2 heterocycles. The predicted octanol–water partition coefficient (Wildman–Crippen LogP) is 1.69. The van der Waals surface area contributed by atoms with Crippen LogP contribution in [0.1, 0.15) is 18.4 Å². The van der Waals surface area contributed by atoms with Crippen LogP contribution in [0.4, 0.5) is 14.9 Å². The third-order valence-corrected chi connectivity index (χ3v) is 4.34. The molecule has 1 spiro atoms. The van der Waals surface area contributed by atoms with Crippen LogP contribution in [0.5, 0.6) is 0 Å². The maximum atomic E-state index is 13.8. The molecule has 1 amide bonds. The van der Waals surface area contributed by atoms with Gasteiger partial charge in [0, 0.05) is 26.1 Å². The molecule has 1 aromatic carbocycles. The second kappa shape index (κ2) is 6.67. The van der Waals surface area contributed by atoms with Gasteiger partial charge in [0.2, 0.25) is 0 Å². The molecular formula is C17H19FN2O4. The number of halogens is 1. The van der Waals surface area contributed by atoms with E-state index in [1.165, 1.54) is 17.0 Å². The van der Waals surface area contributed by atoms with Gasteiger partial charge >= 0.3 is 6.09 Å². The van der Waals surface area contributed by atoms with Gasteiger partial charge in [-0.1, -0.05) is 17.9 Å². The van der Waals surface area contributed by atoms with E-state index in [0.717, 1.165) is 0 Å². The van der Waals surface area contributed by atoms with Gasteiger partial charge in [0.05, 0.1) is 29.9 Å². The average molecular weight is 334 g/mol. The average Bonchev–Trinajstić information content (AvgIpc) is 2.54. The van der Waals surface area contributed by atoms with Crippen molar-refractivity contribution in [1.82, 2.24) is 4.90 Å². The van der Waals surface area contributed by atoms with E-state index in [9.17, 15) is 14.3 Å². The zero-order valence-electron chi connectivity index (χ0n) is 13.1. The number of anilines is 1. The smallest absolute Gasteiger partial charge is 0.407 e. The van der Waals surface area contributed by atoms with Gasteiger partial charge in [-0.3, -0.25) is 0 Å². The van der Waals surface area contributed by atoms with Crippen molar-refractivity contribution < 1.29 is 23.8 Å². The number of carboxylic acid groups (broad SMARTS) is 1. The second-order valence-electron chi connectivity index (χ2n) is 6.04. The topological polar surface area (TPSA) is 85.0 Å². The molecule has 2 aliphatic heterocycles. The summed E-state index contributed by atoms with van der Waals surface area (Å²) in [5.41, 5.74) is 5.51. The molecular weight excluding hydrogens is 315 g/mol. The predicted molar refractivity (Wildman–Crippen MR) is 84.9 cm³/mol. The largest absolute Gasteiger partial charge is 0.465 e. The molecule has 6 nitrogen and oxygen atoms in total. The summed E-state index contributed by atoms with van der Waals surface area (Å²) in [6, 6.07) is 4.36. The quantitative estimate of drug-likeness (QED) is 0.557. The Morgan fingerprint density at radius 1 is 1.42 bits per heavy atom. The fraction of sp³-hybridized carbons (Fsp3) is 0.471. The van der Waals surface area contributed by atoms with Gasteiger partial charge in [0.15, 0.2) is 0 Å². The van der Waals surface area contributed by atoms with Crippen LogP contribution in [0.2, 0.25) is 0 Å². The van der Waals surface area contributed by atoms with Crippen molar-refractivity contribution in [2.45, 2.75) is 24.5 Å². The minimum absolute atomic E-state index is 0.106. The highest BCUT2D eigenvalue weighted by Gasteiger charge is 2.43. The van der Waals surface area contributed by atoms with Crippen LogP contribution in [0.3, 0.4) is 0 Å². The van der Waals surface area contributed by atoms with Crippen molar-refractivity contribution in [1.29, 1.82) is 0 Å². The summed E-state index contributed by atoms with van der Waals surface area (Å²) < 4.78 is 25.2. The SMILES string of the molecule is Nc1cccc(F)c1C#CC1CN(C(=O)O)CC2(CCOCC2)O1. The molecule has 128 valence electrons. The Morgan fingerprint density at radius 2 is 2.17 bits per heavy atom. The Kier molecular flexibility index (Phi) is 4.60. The number of carbonyl (C=O) groups is 1. The molecule has 24 heavy (non-hydrogen) atoms. The van der Waals surface area contributed by atoms with Crippen LogP contribution in [0.25, 0.3) is 0 Å². The lowest BCUT2D eigenvalue weighted by Gasteiger charge is -2.46. The van der Waals surface area contributed by atoms with E-state index in [-0.39, 0.29) is 17.8 Å². The number of ether oxygens (including phenoxy) is 2. The molecule has 1 atom stereocenters. The fourth-order valence-corrected chi connectivity index (χ4v) is 3.05. The summed E-state index contributed by atoms with van der Waals surface area (Å²) in [6.07, 6.45) is -0.429. The number of morpholine rings is 1. The lowest BCUT2D eigenvalue weighted by Crippen LogP contribution is -2.58. The van der Waals surface area contributed by atoms with Crippen molar-refractivity contribution in [3.8, 4) is 11.8 Å². The van der Waals surface area contributed by atoms with Crippen molar-refractivity contribution in [2.24, 2.45) is 0 Å². The van der Waals surface area contributed by atoms with Gasteiger partial charge in [-0.05, 0) is 12.1 Å². The molecule has 3 rings (SSSR count). The van der Waals surface area contributed by atoms with Gasteiger partial charge < -0.3 is 25.2 Å². The number of hydrogen-bond acceptors (Lipinski definition) is 4. The van der Waals surface area contributed by atoms with E-state index < -0.39 is 23.6 Å². The molecule has 0 radical (unpaired) electrons. The first kappa shape index (κ1) is 16.6. The monoisotopic (exact) mass is 334 g/mol. The summed E-state index contributed by atoms with van der Waals surface area (Å²) in [4.78, 5) is 12.7. The van der Waals surface area contributed by atoms with Crippen LogP contribution in [0.15, 0.2) is 18.2 Å². The molecule has 0 saturated carbocycles. The summed E-state index contributed by atoms with van der Waals surface area (Å²) in [7, 11) is 0. The van der Waals surface area contributed by atoms with E-state index in [1.54, 1.807) is 6.07 Å². The van der Waals surface area contributed by atoms with Crippen LogP contribution >= 0.6 is 0 Å². The first-order valence-electron chi connectivity index (χ1n) is 7.78. The van der Waals surface area contributed by atoms with Crippen LogP contribution < -0.4 is 5.73 Å². The third-order valence-electron chi connectivity index (χ3n) is 4.34. The molecule has 0 bridgehead atoms. The normalized spacial score (nSPS) is 22.7. The van der Waals surface area contributed by atoms with Crippen LogP contribution in [-0.4, -0.2) is 54.1 Å². The van der Waals surface area contributed by atoms with E-state index in [4.69, 9.17) is 15.2 Å². The zero-order valence-corrected chi connectivity index (χ0v) is 13.1. The Hall–Kier alpha value is -2.30. The highest BCUT2D eigenvalue weighted by molar-refractivity contribution is 5.65. The number of nitrogen functional groups attached to an aromatic ring is 1. The zero-order chi connectivity index (χ0) is 17.2. The van der Waals surface area contributed by atoms with Gasteiger partial charge in [0.1, 0.15) is 11.9 Å². The highest BCUT2D eigenvalue weighted by atomic mass is 19.1. The van der Waals surface area contributed by atoms with Crippen molar-refractivity contribution in [2.75, 3.05) is 32.0 Å². The molecule has 0 aromatic heterocycles. The standard InChI is InChI=1S/C17H19FN2O4/c18-14-2-1-3-15(19)13(14)5-4-12-10-20(16(21)22)11-17(24-12)6-8-23-9-7-17/h1-3,12H,6-11,19H2,(H,21,22). The Morgan fingerprint density at radius 3 is 2.83 bits per heavy atom. The Balaban J connectivity index is 1.84. The van der Waals surface area contributed by atoms with Gasteiger partial charge in [0.25, 0.3) is 0 Å². The van der Waals surface area contributed by atoms with E-state index in [0.29, 0.717) is 32.6 Å². The number of nitrogens with zero attached hydrogens (tertiary/aromatic N) is 1. The minimum Gasteiger partial charge on any atom is -0.465 e. The second-order valence-corrected chi connectivity index (χ2v) is 6.04. The van der Waals surface area contributed by atoms with Crippen molar-refractivity contribution in [3.05, 3.63) is 29.6 Å². The maximum Gasteiger partial charge on any atom is 0.407 e. The fourth-order valence-electron chi connectivity index (χ4n) is 3.05. The van der Waals surface area contributed by atoms with E-state index in [2.05, 4.69) is 11.8 Å². The van der Waals surface area contributed by atoms with Crippen molar-refractivity contribution >= 4 is 11.8 Å². The third kappa shape index (κ3) is 3.45. The van der Waals surface area contributed by atoms with E-state index >= 15 is 0 Å². The molecule has 3 N–H and O–H groups in total. The van der Waals surface area contributed by atoms with Crippen molar-refractivity contribution in [3.63, 3.8) is 0 Å². The number of hydrogen-bond donors (Lipinski definition) is 2. The molecule has 2 aliphatic rings. The number of amides is 1. The molecule has 2 saturated heterocycles. The lowest BCUT2D eigenvalue weighted by atomic mass is 9.91. The molecule has 0 aliphatic carbocycles. The first-order chi connectivity index (χ1) is 11.5. The summed E-state index contributed by atoms with van der Waals surface area (Å²) in [6.45, 7) is 1.47.